The van der Waals surface area contributed by atoms with E-state index in [0.717, 1.165) is 23.1 Å². The third-order valence-corrected chi connectivity index (χ3v) is 11.4. The van der Waals surface area contributed by atoms with Crippen LogP contribution < -0.4 is 26.6 Å². The summed E-state index contributed by atoms with van der Waals surface area (Å²) in [5, 5.41) is 27.9. The fourth-order valence-corrected chi connectivity index (χ4v) is 7.75. The van der Waals surface area contributed by atoms with Crippen molar-refractivity contribution in [2.75, 3.05) is 18.4 Å². The summed E-state index contributed by atoms with van der Waals surface area (Å²) >= 11 is 0. The van der Waals surface area contributed by atoms with Gasteiger partial charge in [-0.2, -0.15) is 22.7 Å². The zero-order valence-electron chi connectivity index (χ0n) is 36.7. The topological polar surface area (TPSA) is 234 Å². The minimum atomic E-state index is -5.46. The third kappa shape index (κ3) is 11.9. The van der Waals surface area contributed by atoms with Gasteiger partial charge in [0.2, 0.25) is 23.5 Å². The number of ether oxygens (including phenoxy) is 1. The number of aryl methyl sites for hydroxylation is 1. The Labute approximate surface area is 377 Å². The quantitative estimate of drug-likeness (QED) is 0.0661. The number of carbonyl (C=O) groups is 6. The van der Waals surface area contributed by atoms with Gasteiger partial charge in [0.25, 0.3) is 5.91 Å². The van der Waals surface area contributed by atoms with Crippen LogP contribution in [0.2, 0.25) is 0 Å². The maximum atomic E-state index is 14.3. The second kappa shape index (κ2) is 20.1. The lowest BCUT2D eigenvalue weighted by Gasteiger charge is -2.29. The number of hydrogen-bond acceptors (Lipinski definition) is 9. The molecule has 5 amide bonds. The lowest BCUT2D eigenvalue weighted by atomic mass is 9.81. The molecule has 7 N–H and O–H groups in total. The van der Waals surface area contributed by atoms with Gasteiger partial charge >= 0.3 is 23.9 Å². The monoisotopic (exact) mass is 920 g/mol. The van der Waals surface area contributed by atoms with E-state index in [1.807, 2.05) is 37.3 Å². The van der Waals surface area contributed by atoms with Crippen LogP contribution in [-0.2, 0) is 36.3 Å². The van der Waals surface area contributed by atoms with Crippen molar-refractivity contribution in [1.29, 1.82) is 0 Å². The molecule has 2 atom stereocenters. The number of nitrogens with zero attached hydrogens (tertiary/aromatic N) is 2. The average molecular weight is 921 g/mol. The number of aliphatic carboxylic acids is 1. The molecular formula is C46H52F4N8O8. The van der Waals surface area contributed by atoms with Gasteiger partial charge < -0.3 is 36.4 Å². The van der Waals surface area contributed by atoms with Crippen LogP contribution in [0.4, 0.5) is 28.0 Å². The lowest BCUT2D eigenvalue weighted by molar-refractivity contribution is -0.231. The zero-order chi connectivity index (χ0) is 48.0. The summed E-state index contributed by atoms with van der Waals surface area (Å²) in [5.74, 6) is -17.5. The predicted octanol–water partition coefficient (Wildman–Crippen LogP) is 6.26. The molecule has 4 aromatic rings. The molecule has 2 aliphatic rings. The van der Waals surface area contributed by atoms with Crippen molar-refractivity contribution in [1.82, 2.24) is 36.4 Å². The number of amides is 5. The minimum Gasteiger partial charge on any atom is -0.477 e. The van der Waals surface area contributed by atoms with Crippen LogP contribution in [0.5, 0.6) is 0 Å². The highest BCUT2D eigenvalue weighted by molar-refractivity contribution is 5.99. The Morgan fingerprint density at radius 3 is 2.18 bits per heavy atom. The smallest absolute Gasteiger partial charge is 0.411 e. The predicted molar refractivity (Wildman–Crippen MR) is 232 cm³/mol. The first-order chi connectivity index (χ1) is 31.1. The van der Waals surface area contributed by atoms with E-state index in [1.54, 1.807) is 38.0 Å². The van der Waals surface area contributed by atoms with Crippen molar-refractivity contribution in [3.05, 3.63) is 89.2 Å². The Kier molecular flexibility index (Phi) is 14.8. The van der Waals surface area contributed by atoms with Gasteiger partial charge in [0.15, 0.2) is 5.82 Å². The van der Waals surface area contributed by atoms with E-state index < -0.39 is 65.1 Å². The van der Waals surface area contributed by atoms with Crippen LogP contribution in [0.1, 0.15) is 86.6 Å². The summed E-state index contributed by atoms with van der Waals surface area (Å²) in [4.78, 5) is 79.2. The molecule has 6 rings (SSSR count). The van der Waals surface area contributed by atoms with Gasteiger partial charge in [-0.05, 0) is 131 Å². The lowest BCUT2D eigenvalue weighted by Crippen LogP contribution is -2.50. The minimum absolute atomic E-state index is 0.0765. The summed E-state index contributed by atoms with van der Waals surface area (Å²) in [6.07, 6.45) is 3.26. The van der Waals surface area contributed by atoms with E-state index in [4.69, 9.17) is 9.84 Å². The number of carbonyl (C=O) groups excluding carboxylic acids is 5. The number of alkyl halides is 4. The molecule has 1 aromatic heterocycles. The molecule has 3 aromatic carbocycles. The number of anilines is 1. The fourth-order valence-electron chi connectivity index (χ4n) is 7.75. The summed E-state index contributed by atoms with van der Waals surface area (Å²) < 4.78 is 61.5. The van der Waals surface area contributed by atoms with E-state index >= 15 is 0 Å². The first-order valence-electron chi connectivity index (χ1n) is 21.5. The Bertz CT molecular complexity index is 2430. The van der Waals surface area contributed by atoms with Gasteiger partial charge in [0, 0.05) is 42.2 Å². The Hall–Kier alpha value is -6.86. The zero-order valence-corrected chi connectivity index (χ0v) is 36.7. The molecule has 0 spiro atoms. The van der Waals surface area contributed by atoms with Gasteiger partial charge in [0.05, 0.1) is 0 Å². The number of aromatic amines is 1. The van der Waals surface area contributed by atoms with Crippen molar-refractivity contribution in [3.8, 4) is 22.5 Å². The molecular weight excluding hydrogens is 869 g/mol. The van der Waals surface area contributed by atoms with Crippen LogP contribution in [-0.4, -0.2) is 92.7 Å². The van der Waals surface area contributed by atoms with Crippen molar-refractivity contribution in [3.63, 3.8) is 0 Å². The van der Waals surface area contributed by atoms with Crippen LogP contribution in [0, 0.1) is 18.8 Å². The standard InChI is InChI=1S/C46H52F4N8O8/c1-25-22-31(38(60)54-34-6-5-21-51-39(34)61)17-20-33(25)28-11-7-26(8-12-28)23-35(55-37(59)30-13-9-27(10-14-30)24-52-43(65)66-44(2,3)4)40(62)53-32-18-15-29(16-19-32)36-56-41(58-57-36)45(47,48)46(49,50)42(63)64/h7-8,11-12,15-20,22,27,30,34-35H,5-6,9-10,13-14,21,23-24H2,1-4H3,(H,51,61)(H,52,65)(H,53,62)(H,54,60)(H,55,59)(H,63,64)(H,56,57,58)/t27?,30?,34-,35+/m1/s1. The third-order valence-electron chi connectivity index (χ3n) is 11.4. The SMILES string of the molecule is Cc1cc(C(=O)N[C@@H]2CCCNC2=O)ccc1-c1ccc(C[C@H](NC(=O)C2CCC(CNC(=O)OC(C)(C)C)CC2)C(=O)Nc2ccc(-c3n[nH]c(C(F)(F)C(F)(F)C(=O)O)n3)cc2)cc1. The molecule has 0 radical (unpaired) electrons. The maximum absolute atomic E-state index is 14.3. The second-order valence-electron chi connectivity index (χ2n) is 17.6. The first kappa shape index (κ1) is 48.6. The molecule has 1 saturated carbocycles. The van der Waals surface area contributed by atoms with Gasteiger partial charge in [-0.1, -0.05) is 30.3 Å². The normalized spacial score (nSPS) is 18.3. The number of carboxylic acid groups (broad SMARTS) is 1. The number of nitrogens with one attached hydrogen (secondary N) is 6. The van der Waals surface area contributed by atoms with E-state index in [9.17, 15) is 46.3 Å². The number of aromatic nitrogens is 3. The Balaban J connectivity index is 1.14. The molecule has 1 aliphatic carbocycles. The van der Waals surface area contributed by atoms with Crippen LogP contribution in [0.25, 0.3) is 22.5 Å². The molecule has 66 heavy (non-hydrogen) atoms. The number of H-pyrrole nitrogens is 1. The van der Waals surface area contributed by atoms with Crippen LogP contribution in [0.15, 0.2) is 66.7 Å². The molecule has 2 heterocycles. The van der Waals surface area contributed by atoms with Gasteiger partial charge in [-0.3, -0.25) is 24.3 Å². The van der Waals surface area contributed by atoms with E-state index in [0.29, 0.717) is 56.3 Å². The molecule has 0 bridgehead atoms. The summed E-state index contributed by atoms with van der Waals surface area (Å²) in [6, 6.07) is 16.4. The second-order valence-corrected chi connectivity index (χ2v) is 17.6. The van der Waals surface area contributed by atoms with Crippen molar-refractivity contribution in [2.45, 2.75) is 102 Å². The molecule has 2 fully saturated rings. The average Bonchev–Trinajstić information content (AvgIpc) is 3.78. The largest absolute Gasteiger partial charge is 0.477 e. The maximum Gasteiger partial charge on any atom is 0.411 e. The van der Waals surface area contributed by atoms with E-state index in [2.05, 4.69) is 36.7 Å². The van der Waals surface area contributed by atoms with Gasteiger partial charge in [-0.15, -0.1) is 0 Å². The van der Waals surface area contributed by atoms with Crippen LogP contribution >= 0.6 is 0 Å². The molecule has 0 unspecified atom stereocenters. The number of benzene rings is 3. The Morgan fingerprint density at radius 1 is 0.894 bits per heavy atom. The van der Waals surface area contributed by atoms with Crippen molar-refractivity contribution < 1.29 is 56.2 Å². The highest BCUT2D eigenvalue weighted by Crippen LogP contribution is 2.42. The summed E-state index contributed by atoms with van der Waals surface area (Å²) in [6.45, 7) is 8.16. The van der Waals surface area contributed by atoms with Crippen molar-refractivity contribution >= 4 is 41.4 Å². The first-order valence-corrected chi connectivity index (χ1v) is 21.5. The van der Waals surface area contributed by atoms with Crippen LogP contribution in [0.3, 0.4) is 0 Å². The van der Waals surface area contributed by atoms with Gasteiger partial charge in [-0.25, -0.2) is 14.6 Å². The number of halogens is 4. The number of piperidine rings is 1. The number of rotatable bonds is 15. The highest BCUT2D eigenvalue weighted by Gasteiger charge is 2.65. The molecule has 1 aliphatic heterocycles. The summed E-state index contributed by atoms with van der Waals surface area (Å²) in [7, 11) is 0. The molecule has 352 valence electrons. The van der Waals surface area contributed by atoms with E-state index in [1.165, 1.54) is 24.3 Å². The molecule has 1 saturated heterocycles. The molecule has 20 heteroatoms. The molecule has 16 nitrogen and oxygen atoms in total. The Morgan fingerprint density at radius 2 is 1.56 bits per heavy atom. The van der Waals surface area contributed by atoms with Gasteiger partial charge in [0.1, 0.15) is 17.7 Å². The number of hydrogen-bond donors (Lipinski definition) is 7. The highest BCUT2D eigenvalue weighted by atomic mass is 19.3. The summed E-state index contributed by atoms with van der Waals surface area (Å²) in [5.41, 5.74) is 3.28. The van der Waals surface area contributed by atoms with Crippen molar-refractivity contribution in [2.24, 2.45) is 11.8 Å². The number of carboxylic acids is 1. The number of alkyl carbamates (subject to hydrolysis) is 1. The van der Waals surface area contributed by atoms with E-state index in [-0.39, 0.29) is 41.3 Å². The fraction of sp³-hybridized carbons (Fsp3) is 0.435.